The number of benzene rings is 1. The normalized spacial score (nSPS) is 18.8. The number of nitrogens with one attached hydrogen (secondary N) is 1. The van der Waals surface area contributed by atoms with Crippen LogP contribution in [-0.4, -0.2) is 36.0 Å². The summed E-state index contributed by atoms with van der Waals surface area (Å²) < 4.78 is 0. The smallest absolute Gasteiger partial charge is 0.255 e. The third-order valence-electron chi connectivity index (χ3n) is 3.47. The van der Waals surface area contributed by atoms with Crippen molar-refractivity contribution in [2.24, 2.45) is 0 Å². The molecule has 1 aromatic carbocycles. The maximum absolute atomic E-state index is 12.6. The Kier molecular flexibility index (Phi) is 3.64. The predicted molar refractivity (Wildman–Crippen MR) is 74.2 cm³/mol. The molecular formula is C14H19ClN2O. The fraction of sp³-hybridized carbons (Fsp3) is 0.500. The molecule has 0 unspecified atom stereocenters. The third-order valence-corrected chi connectivity index (χ3v) is 3.97. The summed E-state index contributed by atoms with van der Waals surface area (Å²) in [5, 5.41) is 3.88. The largest absolute Gasteiger partial charge is 0.331 e. The van der Waals surface area contributed by atoms with Crippen LogP contribution in [0.25, 0.3) is 0 Å². The number of aryl methyl sites for hydroxylation is 1. The van der Waals surface area contributed by atoms with Gasteiger partial charge in [-0.1, -0.05) is 23.7 Å². The van der Waals surface area contributed by atoms with Gasteiger partial charge in [0.05, 0.1) is 16.1 Å². The number of hydrogen-bond donors (Lipinski definition) is 1. The van der Waals surface area contributed by atoms with Gasteiger partial charge >= 0.3 is 0 Å². The van der Waals surface area contributed by atoms with Gasteiger partial charge in [0.1, 0.15) is 0 Å². The molecule has 0 atom stereocenters. The average Bonchev–Trinajstić information content (AvgIpc) is 2.31. The quantitative estimate of drug-likeness (QED) is 0.847. The summed E-state index contributed by atoms with van der Waals surface area (Å²) in [5.74, 6) is 0.0233. The van der Waals surface area contributed by atoms with Crippen LogP contribution in [0.4, 0.5) is 0 Å². The van der Waals surface area contributed by atoms with Gasteiger partial charge in [0.25, 0.3) is 5.91 Å². The van der Waals surface area contributed by atoms with E-state index >= 15 is 0 Å². The molecule has 1 aliphatic rings. The second-order valence-corrected chi connectivity index (χ2v) is 5.76. The molecule has 0 bridgehead atoms. The van der Waals surface area contributed by atoms with Crippen molar-refractivity contribution in [3.63, 3.8) is 0 Å². The van der Waals surface area contributed by atoms with Crippen LogP contribution < -0.4 is 5.32 Å². The molecule has 2 rings (SSSR count). The Hall–Kier alpha value is -1.06. The van der Waals surface area contributed by atoms with Crippen molar-refractivity contribution in [1.82, 2.24) is 10.2 Å². The Bertz CT molecular complexity index is 471. The van der Waals surface area contributed by atoms with E-state index in [-0.39, 0.29) is 11.4 Å². The van der Waals surface area contributed by atoms with Gasteiger partial charge in [-0.3, -0.25) is 4.79 Å². The number of amides is 1. The summed E-state index contributed by atoms with van der Waals surface area (Å²) >= 11 is 6.24. The van der Waals surface area contributed by atoms with Gasteiger partial charge in [-0.15, -0.1) is 0 Å². The molecule has 1 fully saturated rings. The van der Waals surface area contributed by atoms with Crippen LogP contribution >= 0.6 is 11.6 Å². The van der Waals surface area contributed by atoms with Gasteiger partial charge in [0, 0.05) is 19.6 Å². The number of carbonyl (C=O) groups is 1. The molecule has 3 nitrogen and oxygen atoms in total. The summed E-state index contributed by atoms with van der Waals surface area (Å²) in [5.41, 5.74) is 1.37. The number of rotatable bonds is 1. The topological polar surface area (TPSA) is 32.3 Å². The number of nitrogens with zero attached hydrogens (tertiary/aromatic N) is 1. The number of halogens is 1. The molecule has 0 spiro atoms. The maximum atomic E-state index is 12.6. The molecule has 1 aromatic rings. The van der Waals surface area contributed by atoms with Crippen LogP contribution in [0.3, 0.4) is 0 Å². The summed E-state index contributed by atoms with van der Waals surface area (Å²) in [4.78, 5) is 14.5. The first-order valence-corrected chi connectivity index (χ1v) is 6.59. The van der Waals surface area contributed by atoms with Crippen molar-refractivity contribution in [3.05, 3.63) is 34.3 Å². The minimum absolute atomic E-state index is 0.0233. The van der Waals surface area contributed by atoms with Crippen molar-refractivity contribution in [2.75, 3.05) is 19.6 Å². The first-order chi connectivity index (χ1) is 8.43. The molecule has 1 saturated heterocycles. The Morgan fingerprint density at radius 1 is 1.44 bits per heavy atom. The molecular weight excluding hydrogens is 248 g/mol. The zero-order valence-electron chi connectivity index (χ0n) is 11.1. The average molecular weight is 267 g/mol. The van der Waals surface area contributed by atoms with Crippen molar-refractivity contribution >= 4 is 17.5 Å². The van der Waals surface area contributed by atoms with E-state index in [0.29, 0.717) is 10.6 Å². The molecule has 1 heterocycles. The molecule has 1 aliphatic heterocycles. The third kappa shape index (κ3) is 2.38. The van der Waals surface area contributed by atoms with E-state index in [2.05, 4.69) is 19.2 Å². The van der Waals surface area contributed by atoms with Crippen LogP contribution in [0.15, 0.2) is 18.2 Å². The van der Waals surface area contributed by atoms with Gasteiger partial charge in [-0.25, -0.2) is 0 Å². The highest BCUT2D eigenvalue weighted by atomic mass is 35.5. The summed E-state index contributed by atoms with van der Waals surface area (Å²) in [6, 6.07) is 5.60. The maximum Gasteiger partial charge on any atom is 0.255 e. The minimum atomic E-state index is -0.178. The fourth-order valence-corrected chi connectivity index (χ4v) is 2.52. The standard InChI is InChI=1S/C14H19ClN2O/c1-10-5-4-6-11(12(10)15)13(18)17-8-7-16-9-14(17,2)3/h4-6,16H,7-9H2,1-3H3. The van der Waals surface area contributed by atoms with Gasteiger partial charge in [-0.2, -0.15) is 0 Å². The van der Waals surface area contributed by atoms with Gasteiger partial charge < -0.3 is 10.2 Å². The Balaban J connectivity index is 2.33. The molecule has 0 saturated carbocycles. The lowest BCUT2D eigenvalue weighted by molar-refractivity contribution is 0.0477. The van der Waals surface area contributed by atoms with E-state index < -0.39 is 0 Å². The molecule has 98 valence electrons. The van der Waals surface area contributed by atoms with Crippen LogP contribution in [0, 0.1) is 6.92 Å². The lowest BCUT2D eigenvalue weighted by Crippen LogP contribution is -2.59. The van der Waals surface area contributed by atoms with E-state index in [9.17, 15) is 4.79 Å². The van der Waals surface area contributed by atoms with E-state index in [0.717, 1.165) is 25.2 Å². The molecule has 0 aliphatic carbocycles. The summed E-state index contributed by atoms with van der Waals surface area (Å²) in [6.45, 7) is 8.42. The van der Waals surface area contributed by atoms with Crippen LogP contribution in [0.5, 0.6) is 0 Å². The Labute approximate surface area is 113 Å². The first-order valence-electron chi connectivity index (χ1n) is 6.21. The van der Waals surface area contributed by atoms with Crippen LogP contribution in [-0.2, 0) is 0 Å². The van der Waals surface area contributed by atoms with Crippen molar-refractivity contribution < 1.29 is 4.79 Å². The fourth-order valence-electron chi connectivity index (χ4n) is 2.32. The van der Waals surface area contributed by atoms with Crippen molar-refractivity contribution in [2.45, 2.75) is 26.3 Å². The lowest BCUT2D eigenvalue weighted by atomic mass is 9.98. The van der Waals surface area contributed by atoms with E-state index in [1.165, 1.54) is 0 Å². The minimum Gasteiger partial charge on any atom is -0.331 e. The van der Waals surface area contributed by atoms with Crippen molar-refractivity contribution in [3.8, 4) is 0 Å². The molecule has 4 heteroatoms. The predicted octanol–water partition coefficient (Wildman–Crippen LogP) is 2.47. The highest BCUT2D eigenvalue weighted by molar-refractivity contribution is 6.34. The first kappa shape index (κ1) is 13.4. The van der Waals surface area contributed by atoms with Gasteiger partial charge in [0.2, 0.25) is 0 Å². The Morgan fingerprint density at radius 2 is 2.17 bits per heavy atom. The summed E-state index contributed by atoms with van der Waals surface area (Å²) in [7, 11) is 0. The van der Waals surface area contributed by atoms with Crippen LogP contribution in [0.1, 0.15) is 29.8 Å². The second kappa shape index (κ2) is 4.90. The number of piperazine rings is 1. The van der Waals surface area contributed by atoms with Gasteiger partial charge in [-0.05, 0) is 32.4 Å². The zero-order valence-corrected chi connectivity index (χ0v) is 11.8. The second-order valence-electron chi connectivity index (χ2n) is 5.38. The van der Waals surface area contributed by atoms with Crippen molar-refractivity contribution in [1.29, 1.82) is 0 Å². The lowest BCUT2D eigenvalue weighted by Gasteiger charge is -2.43. The monoisotopic (exact) mass is 266 g/mol. The van der Waals surface area contributed by atoms with E-state index in [1.54, 1.807) is 6.07 Å². The van der Waals surface area contributed by atoms with E-state index in [1.807, 2.05) is 24.0 Å². The molecule has 1 amide bonds. The number of hydrogen-bond acceptors (Lipinski definition) is 2. The molecule has 0 radical (unpaired) electrons. The highest BCUT2D eigenvalue weighted by Gasteiger charge is 2.34. The Morgan fingerprint density at radius 3 is 2.83 bits per heavy atom. The molecule has 0 aromatic heterocycles. The van der Waals surface area contributed by atoms with Crippen LogP contribution in [0.2, 0.25) is 5.02 Å². The van der Waals surface area contributed by atoms with Gasteiger partial charge in [0.15, 0.2) is 0 Å². The summed E-state index contributed by atoms with van der Waals surface area (Å²) in [6.07, 6.45) is 0. The molecule has 18 heavy (non-hydrogen) atoms. The zero-order chi connectivity index (χ0) is 13.3. The molecule has 1 N–H and O–H groups in total. The van der Waals surface area contributed by atoms with E-state index in [4.69, 9.17) is 11.6 Å². The SMILES string of the molecule is Cc1cccc(C(=O)N2CCNCC2(C)C)c1Cl. The number of carbonyl (C=O) groups excluding carboxylic acids is 1. The highest BCUT2D eigenvalue weighted by Crippen LogP contribution is 2.25.